The monoisotopic (exact) mass is 572 g/mol. The van der Waals surface area contributed by atoms with E-state index in [0.29, 0.717) is 5.56 Å². The fourth-order valence-electron chi connectivity index (χ4n) is 4.21. The largest absolute Gasteiger partial charge is 0.494 e. The van der Waals surface area contributed by atoms with Crippen LogP contribution >= 0.6 is 11.9 Å². The fourth-order valence-corrected chi connectivity index (χ4v) is 4.96. The zero-order valence-electron chi connectivity index (χ0n) is 20.8. The van der Waals surface area contributed by atoms with Gasteiger partial charge >= 0.3 is 12.4 Å². The molecule has 0 aromatic heterocycles. The number of ether oxygens (including phenoxy) is 1. The summed E-state index contributed by atoms with van der Waals surface area (Å²) in [7, 11) is 0. The van der Waals surface area contributed by atoms with Crippen molar-refractivity contribution in [3.63, 3.8) is 0 Å². The van der Waals surface area contributed by atoms with E-state index in [1.165, 1.54) is 12.1 Å². The van der Waals surface area contributed by atoms with Crippen molar-refractivity contribution >= 4 is 29.3 Å². The molecule has 210 valence electrons. The van der Waals surface area contributed by atoms with Crippen molar-refractivity contribution in [2.45, 2.75) is 62.2 Å². The van der Waals surface area contributed by atoms with E-state index in [0.717, 1.165) is 42.5 Å². The predicted molar refractivity (Wildman–Crippen MR) is 135 cm³/mol. The number of amides is 2. The molecule has 2 aromatic carbocycles. The van der Waals surface area contributed by atoms with Crippen LogP contribution < -0.4 is 14.8 Å². The second kappa shape index (κ2) is 11.1. The van der Waals surface area contributed by atoms with Crippen molar-refractivity contribution in [1.29, 1.82) is 0 Å². The molecule has 1 saturated carbocycles. The minimum atomic E-state index is -4.96. The lowest BCUT2D eigenvalue weighted by atomic mass is 9.76. The van der Waals surface area contributed by atoms with Crippen LogP contribution in [0.15, 0.2) is 54.1 Å². The Morgan fingerprint density at radius 2 is 1.69 bits per heavy atom. The highest BCUT2D eigenvalue weighted by molar-refractivity contribution is 7.98. The molecule has 1 heterocycles. The molecule has 0 saturated heterocycles. The van der Waals surface area contributed by atoms with E-state index in [2.05, 4.69) is 10.0 Å². The van der Waals surface area contributed by atoms with E-state index < -0.39 is 42.5 Å². The molecule has 2 amide bonds. The van der Waals surface area contributed by atoms with E-state index in [1.807, 2.05) is 0 Å². The highest BCUT2D eigenvalue weighted by Gasteiger charge is 2.60. The summed E-state index contributed by atoms with van der Waals surface area (Å²) in [6, 6.07) is 11.2. The zero-order chi connectivity index (χ0) is 28.4. The molecule has 1 aliphatic heterocycles. The molecule has 1 fully saturated rings. The number of aryl methyl sites for hydroxylation is 1. The normalized spacial score (nSPS) is 20.0. The zero-order valence-corrected chi connectivity index (χ0v) is 21.7. The molecule has 2 aliphatic rings. The van der Waals surface area contributed by atoms with Crippen LogP contribution in [0.25, 0.3) is 5.57 Å². The highest BCUT2D eigenvalue weighted by Crippen LogP contribution is 2.48. The van der Waals surface area contributed by atoms with Crippen molar-refractivity contribution < 1.29 is 40.7 Å². The Morgan fingerprint density at radius 3 is 2.26 bits per heavy atom. The van der Waals surface area contributed by atoms with Crippen LogP contribution in [0.3, 0.4) is 0 Å². The third-order valence-electron chi connectivity index (χ3n) is 6.47. The van der Waals surface area contributed by atoms with Gasteiger partial charge in [0.25, 0.3) is 11.8 Å². The molecule has 0 unspecified atom stereocenters. The van der Waals surface area contributed by atoms with Crippen LogP contribution in [-0.2, 0) is 15.1 Å². The van der Waals surface area contributed by atoms with Gasteiger partial charge in [-0.15, -0.1) is 0 Å². The Bertz CT molecular complexity index is 1240. The SMILES string of the molecule is Cc1ccc(C2=C(C(=O)NSC3CC3)C(=O)N[C@@](c3ccc(OCCCC(F)(F)F)cc3)(C(F)(F)F)C2)cc1. The van der Waals surface area contributed by atoms with Gasteiger partial charge in [0, 0.05) is 18.1 Å². The Labute approximate surface area is 225 Å². The number of carbonyl (C=O) groups is 2. The summed E-state index contributed by atoms with van der Waals surface area (Å²) in [5.41, 5.74) is -2.42. The van der Waals surface area contributed by atoms with Gasteiger partial charge in [0.15, 0.2) is 5.54 Å². The lowest BCUT2D eigenvalue weighted by molar-refractivity contribution is -0.201. The molecular formula is C27H26F6N2O3S. The van der Waals surface area contributed by atoms with E-state index in [9.17, 15) is 35.9 Å². The molecule has 2 aromatic rings. The Hall–Kier alpha value is -3.15. The number of halogens is 6. The van der Waals surface area contributed by atoms with Crippen molar-refractivity contribution in [2.75, 3.05) is 6.61 Å². The van der Waals surface area contributed by atoms with Crippen LogP contribution in [0.1, 0.15) is 48.8 Å². The first-order valence-corrected chi connectivity index (χ1v) is 13.1. The molecule has 4 rings (SSSR count). The van der Waals surface area contributed by atoms with Crippen LogP contribution in [-0.4, -0.2) is 36.0 Å². The lowest BCUT2D eigenvalue weighted by Crippen LogP contribution is -2.59. The molecule has 0 radical (unpaired) electrons. The Morgan fingerprint density at radius 1 is 1.05 bits per heavy atom. The van der Waals surface area contributed by atoms with Crippen LogP contribution in [0.2, 0.25) is 0 Å². The summed E-state index contributed by atoms with van der Waals surface area (Å²) in [5.74, 6) is -1.83. The second-order valence-electron chi connectivity index (χ2n) is 9.59. The van der Waals surface area contributed by atoms with Gasteiger partial charge in [-0.3, -0.25) is 14.3 Å². The first-order valence-electron chi connectivity index (χ1n) is 12.2. The van der Waals surface area contributed by atoms with Gasteiger partial charge in [-0.05, 0) is 67.0 Å². The highest BCUT2D eigenvalue weighted by atomic mass is 32.2. The van der Waals surface area contributed by atoms with E-state index in [-0.39, 0.29) is 40.7 Å². The van der Waals surface area contributed by atoms with Crippen molar-refractivity contribution in [3.05, 3.63) is 70.8 Å². The minimum absolute atomic E-state index is 0.0440. The molecule has 0 spiro atoms. The van der Waals surface area contributed by atoms with E-state index >= 15 is 0 Å². The summed E-state index contributed by atoms with van der Waals surface area (Å²) in [6.45, 7) is 1.54. The third kappa shape index (κ3) is 6.90. The maximum atomic E-state index is 14.8. The summed E-state index contributed by atoms with van der Waals surface area (Å²) in [4.78, 5) is 26.3. The average Bonchev–Trinajstić information content (AvgIpc) is 3.69. The first kappa shape index (κ1) is 28.8. The number of hydrogen-bond acceptors (Lipinski definition) is 4. The second-order valence-corrected chi connectivity index (χ2v) is 10.7. The smallest absolute Gasteiger partial charge is 0.416 e. The molecule has 1 aliphatic carbocycles. The molecule has 1 atom stereocenters. The number of nitrogens with one attached hydrogen (secondary N) is 2. The number of rotatable bonds is 9. The Balaban J connectivity index is 1.67. The minimum Gasteiger partial charge on any atom is -0.494 e. The Kier molecular flexibility index (Phi) is 8.25. The van der Waals surface area contributed by atoms with Crippen LogP contribution in [0.4, 0.5) is 26.3 Å². The summed E-state index contributed by atoms with van der Waals surface area (Å²) >= 11 is 1.15. The standard InChI is InChI=1S/C27H26F6N2O3S/c1-16-3-5-17(6-4-16)21-15-25(27(31,32)33,34-23(36)22(21)24(37)35-39-20-11-12-20)18-7-9-19(10-8-18)38-14-2-13-26(28,29)30/h3-10,20H,2,11-15H2,1H3,(H,34,36)(H,35,37)/t25-/m0/s1. The maximum absolute atomic E-state index is 14.8. The lowest BCUT2D eigenvalue weighted by Gasteiger charge is -2.41. The molecule has 0 bridgehead atoms. The van der Waals surface area contributed by atoms with Gasteiger partial charge in [0.1, 0.15) is 11.3 Å². The summed E-state index contributed by atoms with van der Waals surface area (Å²) in [5, 5.41) is 2.28. The van der Waals surface area contributed by atoms with Gasteiger partial charge < -0.3 is 10.1 Å². The van der Waals surface area contributed by atoms with E-state index in [1.54, 1.807) is 31.2 Å². The number of carbonyl (C=O) groups excluding carboxylic acids is 2. The van der Waals surface area contributed by atoms with Gasteiger partial charge in [-0.2, -0.15) is 26.3 Å². The molecule has 39 heavy (non-hydrogen) atoms. The van der Waals surface area contributed by atoms with Crippen molar-refractivity contribution in [2.24, 2.45) is 0 Å². The molecule has 5 nitrogen and oxygen atoms in total. The summed E-state index contributed by atoms with van der Waals surface area (Å²) < 4.78 is 89.2. The number of alkyl halides is 6. The fraction of sp³-hybridized carbons (Fsp3) is 0.407. The quantitative estimate of drug-likeness (QED) is 0.159. The first-order chi connectivity index (χ1) is 18.3. The van der Waals surface area contributed by atoms with Crippen molar-refractivity contribution in [3.8, 4) is 5.75 Å². The number of hydrogen-bond donors (Lipinski definition) is 2. The summed E-state index contributed by atoms with van der Waals surface area (Å²) in [6.07, 6.45) is -9.58. The topological polar surface area (TPSA) is 67.4 Å². The average molecular weight is 573 g/mol. The number of benzene rings is 2. The molecular weight excluding hydrogens is 546 g/mol. The van der Waals surface area contributed by atoms with Crippen LogP contribution in [0, 0.1) is 6.92 Å². The van der Waals surface area contributed by atoms with E-state index in [4.69, 9.17) is 4.74 Å². The molecule has 2 N–H and O–H groups in total. The van der Waals surface area contributed by atoms with Crippen molar-refractivity contribution in [1.82, 2.24) is 10.0 Å². The molecule has 12 heteroatoms. The van der Waals surface area contributed by atoms with Crippen LogP contribution in [0.5, 0.6) is 5.75 Å². The van der Waals surface area contributed by atoms with Gasteiger partial charge in [0.05, 0.1) is 6.61 Å². The predicted octanol–water partition coefficient (Wildman–Crippen LogP) is 6.37. The maximum Gasteiger partial charge on any atom is 0.416 e. The van der Waals surface area contributed by atoms with Gasteiger partial charge in [0.2, 0.25) is 0 Å². The van der Waals surface area contributed by atoms with Gasteiger partial charge in [-0.1, -0.05) is 42.0 Å². The van der Waals surface area contributed by atoms with Gasteiger partial charge in [-0.25, -0.2) is 0 Å². The third-order valence-corrected chi connectivity index (χ3v) is 7.58.